The van der Waals surface area contributed by atoms with Crippen molar-refractivity contribution < 1.29 is 4.79 Å². The van der Waals surface area contributed by atoms with Crippen LogP contribution in [0.15, 0.2) is 53.7 Å². The number of hydrogen-bond acceptors (Lipinski definition) is 4. The SMILES string of the molecule is CC(Sc1ccccn1)C(=O)Nc1ccccc1CN1CCCC1. The van der Waals surface area contributed by atoms with Crippen LogP contribution in [-0.2, 0) is 11.3 Å². The van der Waals surface area contributed by atoms with Crippen molar-refractivity contribution in [1.82, 2.24) is 9.88 Å². The van der Waals surface area contributed by atoms with E-state index in [9.17, 15) is 4.79 Å². The van der Waals surface area contributed by atoms with Crippen LogP contribution in [0.5, 0.6) is 0 Å². The van der Waals surface area contributed by atoms with Gasteiger partial charge in [-0.3, -0.25) is 9.69 Å². The Morgan fingerprint density at radius 3 is 2.71 bits per heavy atom. The fourth-order valence-electron chi connectivity index (χ4n) is 2.85. The van der Waals surface area contributed by atoms with Crippen LogP contribution in [0.2, 0.25) is 0 Å². The van der Waals surface area contributed by atoms with Crippen LogP contribution in [0.4, 0.5) is 5.69 Å². The minimum absolute atomic E-state index is 0.0134. The van der Waals surface area contributed by atoms with E-state index in [1.807, 2.05) is 43.3 Å². The number of carbonyl (C=O) groups excluding carboxylic acids is 1. The number of aromatic nitrogens is 1. The lowest BCUT2D eigenvalue weighted by Crippen LogP contribution is -2.24. The largest absolute Gasteiger partial charge is 0.325 e. The molecule has 1 aromatic carbocycles. The summed E-state index contributed by atoms with van der Waals surface area (Å²) in [5, 5.41) is 3.76. The molecule has 126 valence electrons. The fraction of sp³-hybridized carbons (Fsp3) is 0.368. The van der Waals surface area contributed by atoms with Crippen molar-refractivity contribution in [1.29, 1.82) is 0 Å². The highest BCUT2D eigenvalue weighted by atomic mass is 32.2. The van der Waals surface area contributed by atoms with Gasteiger partial charge >= 0.3 is 0 Å². The van der Waals surface area contributed by atoms with Gasteiger partial charge in [0.05, 0.1) is 10.3 Å². The maximum absolute atomic E-state index is 12.5. The summed E-state index contributed by atoms with van der Waals surface area (Å²) < 4.78 is 0. The predicted molar refractivity (Wildman–Crippen MR) is 99.1 cm³/mol. The summed E-state index contributed by atoms with van der Waals surface area (Å²) in [4.78, 5) is 19.2. The van der Waals surface area contributed by atoms with Crippen LogP contribution in [0, 0.1) is 0 Å². The number of anilines is 1. The van der Waals surface area contributed by atoms with E-state index in [2.05, 4.69) is 21.3 Å². The molecule has 1 atom stereocenters. The summed E-state index contributed by atoms with van der Waals surface area (Å²) in [7, 11) is 0. The number of likely N-dealkylation sites (tertiary alicyclic amines) is 1. The molecule has 1 N–H and O–H groups in total. The number of amides is 1. The van der Waals surface area contributed by atoms with E-state index in [0.29, 0.717) is 0 Å². The van der Waals surface area contributed by atoms with Gasteiger partial charge in [0, 0.05) is 18.4 Å². The molecule has 0 aliphatic carbocycles. The lowest BCUT2D eigenvalue weighted by molar-refractivity contribution is -0.115. The third kappa shape index (κ3) is 4.58. The second kappa shape index (κ2) is 8.31. The van der Waals surface area contributed by atoms with E-state index >= 15 is 0 Å². The molecule has 1 unspecified atom stereocenters. The Morgan fingerprint density at radius 2 is 1.96 bits per heavy atom. The normalized spacial score (nSPS) is 16.0. The lowest BCUT2D eigenvalue weighted by atomic mass is 10.1. The zero-order valence-electron chi connectivity index (χ0n) is 13.9. The standard InChI is InChI=1S/C19H23N3OS/c1-15(24-18-10-4-5-11-20-18)19(23)21-17-9-3-2-8-16(17)14-22-12-6-7-13-22/h2-5,8-11,15H,6-7,12-14H2,1H3,(H,21,23). The van der Waals surface area contributed by atoms with E-state index in [0.717, 1.165) is 30.3 Å². The van der Waals surface area contributed by atoms with Gasteiger partial charge in [0.1, 0.15) is 0 Å². The van der Waals surface area contributed by atoms with Crippen LogP contribution in [0.3, 0.4) is 0 Å². The highest BCUT2D eigenvalue weighted by molar-refractivity contribution is 8.00. The van der Waals surface area contributed by atoms with Gasteiger partial charge in [-0.2, -0.15) is 0 Å². The van der Waals surface area contributed by atoms with Gasteiger partial charge in [0.2, 0.25) is 5.91 Å². The number of thioether (sulfide) groups is 1. The number of nitrogens with zero attached hydrogens (tertiary/aromatic N) is 2. The zero-order valence-corrected chi connectivity index (χ0v) is 14.8. The Bertz CT molecular complexity index is 671. The van der Waals surface area contributed by atoms with Crippen LogP contribution in [-0.4, -0.2) is 34.1 Å². The Kier molecular flexibility index (Phi) is 5.88. The maximum Gasteiger partial charge on any atom is 0.237 e. The second-order valence-electron chi connectivity index (χ2n) is 6.06. The summed E-state index contributed by atoms with van der Waals surface area (Å²) in [6.45, 7) is 5.11. The van der Waals surface area contributed by atoms with Crippen molar-refractivity contribution in [3.8, 4) is 0 Å². The number of carbonyl (C=O) groups is 1. The van der Waals surface area contributed by atoms with Gasteiger partial charge in [-0.1, -0.05) is 36.0 Å². The minimum Gasteiger partial charge on any atom is -0.325 e. The molecule has 1 aliphatic rings. The van der Waals surface area contributed by atoms with Crippen molar-refractivity contribution in [3.05, 3.63) is 54.2 Å². The average molecular weight is 341 g/mol. The smallest absolute Gasteiger partial charge is 0.237 e. The Hall–Kier alpha value is -1.85. The molecule has 2 heterocycles. The van der Waals surface area contributed by atoms with Gasteiger partial charge in [0.15, 0.2) is 0 Å². The molecule has 24 heavy (non-hydrogen) atoms. The molecule has 0 saturated carbocycles. The lowest BCUT2D eigenvalue weighted by Gasteiger charge is -2.19. The van der Waals surface area contributed by atoms with Crippen LogP contribution in [0.1, 0.15) is 25.3 Å². The molecule has 1 aromatic heterocycles. The Balaban J connectivity index is 1.63. The molecule has 1 saturated heterocycles. The molecule has 0 bridgehead atoms. The van der Waals surface area contributed by atoms with E-state index in [4.69, 9.17) is 0 Å². The molecule has 1 aliphatic heterocycles. The van der Waals surface area contributed by atoms with Gasteiger partial charge in [-0.15, -0.1) is 0 Å². The Labute approximate surface area is 147 Å². The zero-order chi connectivity index (χ0) is 16.8. The topological polar surface area (TPSA) is 45.2 Å². The first kappa shape index (κ1) is 17.0. The molecule has 1 amide bonds. The summed E-state index contributed by atoms with van der Waals surface area (Å²) >= 11 is 1.48. The van der Waals surface area contributed by atoms with Crippen LogP contribution >= 0.6 is 11.8 Å². The predicted octanol–water partition coefficient (Wildman–Crippen LogP) is 3.80. The van der Waals surface area contributed by atoms with E-state index < -0.39 is 0 Å². The summed E-state index contributed by atoms with van der Waals surface area (Å²) in [5.74, 6) is 0.0134. The van der Waals surface area contributed by atoms with Crippen molar-refractivity contribution in [2.24, 2.45) is 0 Å². The summed E-state index contributed by atoms with van der Waals surface area (Å²) in [5.41, 5.74) is 2.10. The number of hydrogen-bond donors (Lipinski definition) is 1. The fourth-order valence-corrected chi connectivity index (χ4v) is 3.65. The highest BCUT2D eigenvalue weighted by Gasteiger charge is 2.18. The molecule has 3 rings (SSSR count). The van der Waals surface area contributed by atoms with Crippen molar-refractivity contribution in [3.63, 3.8) is 0 Å². The van der Waals surface area contributed by atoms with Crippen molar-refractivity contribution in [2.45, 2.75) is 36.6 Å². The van der Waals surface area contributed by atoms with Crippen LogP contribution < -0.4 is 5.32 Å². The first-order valence-electron chi connectivity index (χ1n) is 8.41. The first-order valence-corrected chi connectivity index (χ1v) is 9.29. The Morgan fingerprint density at radius 1 is 1.21 bits per heavy atom. The van der Waals surface area contributed by atoms with E-state index in [1.165, 1.54) is 30.2 Å². The molecule has 4 nitrogen and oxygen atoms in total. The molecule has 0 radical (unpaired) electrons. The van der Waals surface area contributed by atoms with E-state index in [-0.39, 0.29) is 11.2 Å². The third-order valence-electron chi connectivity index (χ3n) is 4.17. The number of rotatable bonds is 6. The quantitative estimate of drug-likeness (QED) is 0.812. The molecular weight excluding hydrogens is 318 g/mol. The number of para-hydroxylation sites is 1. The maximum atomic E-state index is 12.5. The third-order valence-corrected chi connectivity index (χ3v) is 5.22. The van der Waals surface area contributed by atoms with Crippen molar-refractivity contribution >= 4 is 23.4 Å². The summed E-state index contributed by atoms with van der Waals surface area (Å²) in [6.07, 6.45) is 4.29. The minimum atomic E-state index is -0.195. The van der Waals surface area contributed by atoms with Gasteiger partial charge in [-0.05, 0) is 56.6 Å². The van der Waals surface area contributed by atoms with Gasteiger partial charge in [-0.25, -0.2) is 4.98 Å². The van der Waals surface area contributed by atoms with Gasteiger partial charge in [0.25, 0.3) is 0 Å². The molecular formula is C19H23N3OS. The molecule has 5 heteroatoms. The van der Waals surface area contributed by atoms with Crippen molar-refractivity contribution in [2.75, 3.05) is 18.4 Å². The van der Waals surface area contributed by atoms with E-state index in [1.54, 1.807) is 6.20 Å². The number of nitrogens with one attached hydrogen (secondary N) is 1. The summed E-state index contributed by atoms with van der Waals surface area (Å²) in [6, 6.07) is 13.8. The molecule has 2 aromatic rings. The van der Waals surface area contributed by atoms with Gasteiger partial charge < -0.3 is 5.32 Å². The second-order valence-corrected chi connectivity index (χ2v) is 7.42. The van der Waals surface area contributed by atoms with Crippen LogP contribution in [0.25, 0.3) is 0 Å². The number of benzene rings is 1. The number of pyridine rings is 1. The average Bonchev–Trinajstić information content (AvgIpc) is 3.10. The highest BCUT2D eigenvalue weighted by Crippen LogP contribution is 2.24. The first-order chi connectivity index (χ1) is 11.7. The molecule has 1 fully saturated rings. The monoisotopic (exact) mass is 341 g/mol. The molecule has 0 spiro atoms.